The Morgan fingerprint density at radius 2 is 2.15 bits per heavy atom. The maximum atomic E-state index is 13.6. The fourth-order valence-electron chi connectivity index (χ4n) is 1.54. The highest BCUT2D eigenvalue weighted by molar-refractivity contribution is 7.89. The van der Waals surface area contributed by atoms with Crippen molar-refractivity contribution in [3.63, 3.8) is 0 Å². The van der Waals surface area contributed by atoms with Crippen LogP contribution in [0.2, 0.25) is 0 Å². The van der Waals surface area contributed by atoms with Gasteiger partial charge in [0.15, 0.2) is 0 Å². The molecule has 0 spiro atoms. The zero-order valence-electron chi connectivity index (χ0n) is 11.0. The molecule has 0 saturated heterocycles. The van der Waals surface area contributed by atoms with Crippen molar-refractivity contribution < 1.29 is 22.7 Å². The first-order valence-electron chi connectivity index (χ1n) is 5.74. The molecule has 108 valence electrons. The molecule has 1 atom stereocenters. The van der Waals surface area contributed by atoms with Gasteiger partial charge in [-0.2, -0.15) is 4.72 Å². The van der Waals surface area contributed by atoms with Crippen LogP contribution in [0.15, 0.2) is 17.0 Å². The molecular weight excluding hydrogens is 285 g/mol. The lowest BCUT2D eigenvalue weighted by Crippen LogP contribution is -2.33. The third-order valence-corrected chi connectivity index (χ3v) is 4.13. The van der Waals surface area contributed by atoms with E-state index in [2.05, 4.69) is 10.6 Å². The Labute approximate surface area is 116 Å². The molecule has 0 saturated carbocycles. The van der Waals surface area contributed by atoms with Gasteiger partial charge < -0.3 is 5.11 Å². The first kappa shape index (κ1) is 16.1. The van der Waals surface area contributed by atoms with Crippen molar-refractivity contribution >= 4 is 16.0 Å². The molecule has 0 radical (unpaired) electrons. The standard InChI is InChI=1S/C13H14FNO4S/c1-4-9(5-2)15-20(18,19)10-6-8(3)12(14)11(7-10)13(16)17/h1,6-7,9,15H,5H2,2-3H3,(H,16,17). The molecule has 0 aromatic heterocycles. The Morgan fingerprint density at radius 3 is 2.60 bits per heavy atom. The van der Waals surface area contributed by atoms with Crippen molar-refractivity contribution in [3.05, 3.63) is 29.1 Å². The minimum Gasteiger partial charge on any atom is -0.478 e. The number of carbonyl (C=O) groups is 1. The van der Waals surface area contributed by atoms with Crippen molar-refractivity contribution in [1.82, 2.24) is 4.72 Å². The molecule has 20 heavy (non-hydrogen) atoms. The van der Waals surface area contributed by atoms with Crippen molar-refractivity contribution in [3.8, 4) is 12.3 Å². The van der Waals surface area contributed by atoms with Gasteiger partial charge in [0.25, 0.3) is 0 Å². The number of halogens is 1. The number of hydrogen-bond donors (Lipinski definition) is 2. The van der Waals surface area contributed by atoms with Crippen molar-refractivity contribution in [2.45, 2.75) is 31.2 Å². The first-order valence-corrected chi connectivity index (χ1v) is 7.23. The lowest BCUT2D eigenvalue weighted by atomic mass is 10.1. The Hall–Kier alpha value is -1.91. The number of carboxylic acid groups (broad SMARTS) is 1. The highest BCUT2D eigenvalue weighted by atomic mass is 32.2. The highest BCUT2D eigenvalue weighted by Crippen LogP contribution is 2.19. The molecule has 2 N–H and O–H groups in total. The average molecular weight is 299 g/mol. The number of aryl methyl sites for hydroxylation is 1. The SMILES string of the molecule is C#CC(CC)NS(=O)(=O)c1cc(C)c(F)c(C(=O)O)c1. The molecule has 1 unspecified atom stereocenters. The minimum absolute atomic E-state index is 0.0703. The van der Waals surface area contributed by atoms with E-state index in [-0.39, 0.29) is 10.5 Å². The van der Waals surface area contributed by atoms with Crippen LogP contribution < -0.4 is 4.72 Å². The summed E-state index contributed by atoms with van der Waals surface area (Å²) in [5.74, 6) is -0.233. The van der Waals surface area contributed by atoms with Crippen molar-refractivity contribution in [2.24, 2.45) is 0 Å². The number of benzene rings is 1. The summed E-state index contributed by atoms with van der Waals surface area (Å²) in [5.41, 5.74) is -0.766. The number of carboxylic acids is 1. The smallest absolute Gasteiger partial charge is 0.338 e. The van der Waals surface area contributed by atoms with Gasteiger partial charge in [0.1, 0.15) is 5.82 Å². The lowest BCUT2D eigenvalue weighted by Gasteiger charge is -2.13. The molecule has 0 heterocycles. The number of nitrogens with one attached hydrogen (secondary N) is 1. The molecule has 0 fully saturated rings. The number of aromatic carboxylic acids is 1. The Bertz CT molecular complexity index is 676. The van der Waals surface area contributed by atoms with Gasteiger partial charge in [-0.05, 0) is 31.0 Å². The molecule has 0 amide bonds. The number of rotatable bonds is 5. The summed E-state index contributed by atoms with van der Waals surface area (Å²) in [6, 6.07) is 1.13. The van der Waals surface area contributed by atoms with E-state index in [9.17, 15) is 17.6 Å². The highest BCUT2D eigenvalue weighted by Gasteiger charge is 2.22. The van der Waals surface area contributed by atoms with Gasteiger partial charge in [-0.1, -0.05) is 12.8 Å². The molecule has 0 aliphatic rings. The second-order valence-corrected chi connectivity index (χ2v) is 5.87. The van der Waals surface area contributed by atoms with E-state index < -0.39 is 33.4 Å². The molecular formula is C13H14FNO4S. The van der Waals surface area contributed by atoms with E-state index in [1.54, 1.807) is 6.92 Å². The van der Waals surface area contributed by atoms with Crippen LogP contribution in [-0.2, 0) is 10.0 Å². The zero-order valence-corrected chi connectivity index (χ0v) is 11.8. The lowest BCUT2D eigenvalue weighted by molar-refractivity contribution is 0.0691. The molecule has 0 aliphatic heterocycles. The van der Waals surface area contributed by atoms with Crippen LogP contribution in [0, 0.1) is 25.1 Å². The third-order valence-electron chi connectivity index (χ3n) is 2.68. The largest absolute Gasteiger partial charge is 0.478 e. The van der Waals surface area contributed by atoms with Gasteiger partial charge in [0.2, 0.25) is 10.0 Å². The molecule has 1 rings (SSSR count). The average Bonchev–Trinajstić information content (AvgIpc) is 2.38. The maximum absolute atomic E-state index is 13.6. The summed E-state index contributed by atoms with van der Waals surface area (Å²) >= 11 is 0. The molecule has 7 heteroatoms. The van der Waals surface area contributed by atoms with Crippen LogP contribution in [0.3, 0.4) is 0 Å². The summed E-state index contributed by atoms with van der Waals surface area (Å²) in [6.45, 7) is 2.99. The van der Waals surface area contributed by atoms with Gasteiger partial charge in [-0.15, -0.1) is 6.42 Å². The summed E-state index contributed by atoms with van der Waals surface area (Å²) in [5, 5.41) is 8.87. The van der Waals surface area contributed by atoms with Crippen LogP contribution in [0.1, 0.15) is 29.3 Å². The quantitative estimate of drug-likeness (QED) is 0.808. The Morgan fingerprint density at radius 1 is 1.55 bits per heavy atom. The van der Waals surface area contributed by atoms with E-state index in [0.29, 0.717) is 6.42 Å². The second kappa shape index (κ2) is 6.03. The van der Waals surface area contributed by atoms with Crippen LogP contribution in [0.25, 0.3) is 0 Å². The topological polar surface area (TPSA) is 83.5 Å². The van der Waals surface area contributed by atoms with Crippen LogP contribution in [0.4, 0.5) is 4.39 Å². The molecule has 0 aliphatic carbocycles. The number of hydrogen-bond acceptors (Lipinski definition) is 3. The summed E-state index contributed by atoms with van der Waals surface area (Å²) in [7, 11) is -4.00. The third kappa shape index (κ3) is 3.35. The number of sulfonamides is 1. The summed E-state index contributed by atoms with van der Waals surface area (Å²) in [4.78, 5) is 10.6. The van der Waals surface area contributed by atoms with Crippen LogP contribution in [-0.4, -0.2) is 25.5 Å². The molecule has 1 aromatic carbocycles. The van der Waals surface area contributed by atoms with E-state index >= 15 is 0 Å². The first-order chi connectivity index (χ1) is 9.22. The van der Waals surface area contributed by atoms with Gasteiger partial charge in [0, 0.05) is 0 Å². The van der Waals surface area contributed by atoms with Crippen molar-refractivity contribution in [1.29, 1.82) is 0 Å². The van der Waals surface area contributed by atoms with E-state index in [1.165, 1.54) is 6.92 Å². The van der Waals surface area contributed by atoms with Gasteiger partial charge in [0.05, 0.1) is 16.5 Å². The maximum Gasteiger partial charge on any atom is 0.338 e. The van der Waals surface area contributed by atoms with Crippen molar-refractivity contribution in [2.75, 3.05) is 0 Å². The van der Waals surface area contributed by atoms with Gasteiger partial charge in [-0.25, -0.2) is 17.6 Å². The zero-order chi connectivity index (χ0) is 15.5. The molecule has 1 aromatic rings. The predicted molar refractivity (Wildman–Crippen MR) is 71.3 cm³/mol. The van der Waals surface area contributed by atoms with Crippen LogP contribution >= 0.6 is 0 Å². The van der Waals surface area contributed by atoms with Crippen LogP contribution in [0.5, 0.6) is 0 Å². The monoisotopic (exact) mass is 299 g/mol. The van der Waals surface area contributed by atoms with E-state index in [4.69, 9.17) is 11.5 Å². The Balaban J connectivity index is 3.34. The summed E-state index contributed by atoms with van der Waals surface area (Å²) < 4.78 is 40.0. The normalized spacial score (nSPS) is 12.7. The molecule has 5 nitrogen and oxygen atoms in total. The van der Waals surface area contributed by atoms with E-state index in [0.717, 1.165) is 12.1 Å². The van der Waals surface area contributed by atoms with Gasteiger partial charge in [-0.3, -0.25) is 0 Å². The fraction of sp³-hybridized carbons (Fsp3) is 0.308. The number of terminal acetylenes is 1. The predicted octanol–water partition coefficient (Wildman–Crippen LogP) is 1.52. The Kier molecular flexibility index (Phi) is 4.87. The van der Waals surface area contributed by atoms with Gasteiger partial charge >= 0.3 is 5.97 Å². The molecule has 0 bridgehead atoms. The second-order valence-electron chi connectivity index (χ2n) is 4.16. The summed E-state index contributed by atoms with van der Waals surface area (Å²) in [6.07, 6.45) is 5.55. The minimum atomic E-state index is -4.00. The van der Waals surface area contributed by atoms with E-state index in [1.807, 2.05) is 0 Å². The fourth-order valence-corrected chi connectivity index (χ4v) is 2.89.